The van der Waals surface area contributed by atoms with Crippen molar-refractivity contribution in [1.82, 2.24) is 9.80 Å². The molecule has 2 aromatic rings. The number of thiophene rings is 1. The molecule has 4 nitrogen and oxygen atoms in total. The highest BCUT2D eigenvalue weighted by Gasteiger charge is 2.20. The van der Waals surface area contributed by atoms with Gasteiger partial charge in [0.1, 0.15) is 6.61 Å². The second kappa shape index (κ2) is 8.25. The van der Waals surface area contributed by atoms with Crippen molar-refractivity contribution < 1.29 is 9.47 Å². The largest absolute Gasteiger partial charge is 0.493 e. The van der Waals surface area contributed by atoms with Crippen molar-refractivity contribution >= 4 is 17.4 Å². The van der Waals surface area contributed by atoms with Gasteiger partial charge in [-0.25, -0.2) is 0 Å². The number of hydrogen-bond acceptors (Lipinski definition) is 5. The lowest BCUT2D eigenvalue weighted by Gasteiger charge is -2.25. The quantitative estimate of drug-likeness (QED) is 0.800. The second-order valence-corrected chi connectivity index (χ2v) is 7.99. The van der Waals surface area contributed by atoms with E-state index in [1.165, 1.54) is 23.4 Å². The SMILES string of the molecule is COc1cccc2c1OCC(CN1CCCN(Cc3cccs3)CC1)=C2. The third-order valence-corrected chi connectivity index (χ3v) is 5.92. The first-order valence-electron chi connectivity index (χ1n) is 9.28. The predicted molar refractivity (Wildman–Crippen MR) is 107 cm³/mol. The van der Waals surface area contributed by atoms with Crippen LogP contribution in [0.2, 0.25) is 0 Å². The van der Waals surface area contributed by atoms with Gasteiger partial charge in [0.05, 0.1) is 7.11 Å². The molecule has 2 aliphatic heterocycles. The van der Waals surface area contributed by atoms with Crippen LogP contribution in [0.15, 0.2) is 41.3 Å². The zero-order valence-corrected chi connectivity index (χ0v) is 16.1. The summed E-state index contributed by atoms with van der Waals surface area (Å²) in [7, 11) is 1.69. The fourth-order valence-electron chi connectivity index (χ4n) is 3.73. The third-order valence-electron chi connectivity index (χ3n) is 5.06. The Bertz CT molecular complexity index is 757. The average Bonchev–Trinajstić information content (AvgIpc) is 3.08. The fraction of sp³-hybridized carbons (Fsp3) is 0.429. The maximum Gasteiger partial charge on any atom is 0.168 e. The monoisotopic (exact) mass is 370 g/mol. The maximum absolute atomic E-state index is 5.99. The average molecular weight is 371 g/mol. The Morgan fingerprint density at radius 1 is 1.04 bits per heavy atom. The molecule has 1 saturated heterocycles. The lowest BCUT2D eigenvalue weighted by molar-refractivity contribution is 0.253. The molecule has 26 heavy (non-hydrogen) atoms. The Balaban J connectivity index is 1.36. The molecule has 0 radical (unpaired) electrons. The van der Waals surface area contributed by atoms with Gasteiger partial charge in [-0.2, -0.15) is 0 Å². The molecule has 4 rings (SSSR count). The first-order chi connectivity index (χ1) is 12.8. The van der Waals surface area contributed by atoms with Gasteiger partial charge in [-0.05, 0) is 48.7 Å². The Morgan fingerprint density at radius 3 is 2.65 bits per heavy atom. The maximum atomic E-state index is 5.99. The minimum Gasteiger partial charge on any atom is -0.493 e. The number of hydrogen-bond donors (Lipinski definition) is 0. The molecule has 1 aromatic heterocycles. The molecular formula is C21H26N2O2S. The van der Waals surface area contributed by atoms with E-state index in [0.29, 0.717) is 6.61 Å². The smallest absolute Gasteiger partial charge is 0.168 e. The summed E-state index contributed by atoms with van der Waals surface area (Å²) in [5.74, 6) is 1.69. The van der Waals surface area contributed by atoms with Crippen LogP contribution in [0.25, 0.3) is 6.08 Å². The van der Waals surface area contributed by atoms with Crippen LogP contribution in [0.1, 0.15) is 16.9 Å². The summed E-state index contributed by atoms with van der Waals surface area (Å²) < 4.78 is 11.4. The summed E-state index contributed by atoms with van der Waals surface area (Å²) in [6.45, 7) is 7.33. The van der Waals surface area contributed by atoms with Crippen LogP contribution in [0.4, 0.5) is 0 Å². The molecule has 3 heterocycles. The van der Waals surface area contributed by atoms with E-state index in [4.69, 9.17) is 9.47 Å². The van der Waals surface area contributed by atoms with Crippen molar-refractivity contribution in [3.63, 3.8) is 0 Å². The Morgan fingerprint density at radius 2 is 1.88 bits per heavy atom. The number of para-hydroxylation sites is 1. The lowest BCUT2D eigenvalue weighted by atomic mass is 10.1. The van der Waals surface area contributed by atoms with Gasteiger partial charge in [0.2, 0.25) is 0 Å². The van der Waals surface area contributed by atoms with E-state index in [-0.39, 0.29) is 0 Å². The molecule has 138 valence electrons. The van der Waals surface area contributed by atoms with Gasteiger partial charge in [0, 0.05) is 36.6 Å². The van der Waals surface area contributed by atoms with Crippen molar-refractivity contribution in [3.8, 4) is 11.5 Å². The molecule has 0 saturated carbocycles. The van der Waals surface area contributed by atoms with Crippen molar-refractivity contribution in [2.24, 2.45) is 0 Å². The van der Waals surface area contributed by atoms with E-state index >= 15 is 0 Å². The second-order valence-electron chi connectivity index (χ2n) is 6.96. The van der Waals surface area contributed by atoms with E-state index in [2.05, 4.69) is 39.5 Å². The van der Waals surface area contributed by atoms with Gasteiger partial charge in [-0.15, -0.1) is 11.3 Å². The Kier molecular flexibility index (Phi) is 5.58. The van der Waals surface area contributed by atoms with Crippen LogP contribution in [0, 0.1) is 0 Å². The number of nitrogens with zero attached hydrogens (tertiary/aromatic N) is 2. The molecule has 1 aromatic carbocycles. The van der Waals surface area contributed by atoms with Crippen molar-refractivity contribution in [3.05, 3.63) is 51.7 Å². The minimum atomic E-state index is 0.656. The third kappa shape index (κ3) is 4.11. The van der Waals surface area contributed by atoms with E-state index < -0.39 is 0 Å². The summed E-state index contributed by atoms with van der Waals surface area (Å²) in [5, 5.41) is 2.17. The van der Waals surface area contributed by atoms with E-state index in [9.17, 15) is 0 Å². The highest BCUT2D eigenvalue weighted by molar-refractivity contribution is 7.09. The molecule has 0 N–H and O–H groups in total. The van der Waals surface area contributed by atoms with Crippen LogP contribution in [0.5, 0.6) is 11.5 Å². The van der Waals surface area contributed by atoms with Gasteiger partial charge in [0.25, 0.3) is 0 Å². The van der Waals surface area contributed by atoms with Gasteiger partial charge < -0.3 is 9.47 Å². The molecule has 0 atom stereocenters. The molecule has 0 aliphatic carbocycles. The first kappa shape index (κ1) is 17.6. The Hall–Kier alpha value is -1.82. The summed E-state index contributed by atoms with van der Waals surface area (Å²) in [6.07, 6.45) is 3.50. The molecule has 0 unspecified atom stereocenters. The van der Waals surface area contributed by atoms with E-state index in [0.717, 1.165) is 49.8 Å². The molecule has 1 fully saturated rings. The van der Waals surface area contributed by atoms with Crippen molar-refractivity contribution in [1.29, 1.82) is 0 Å². The number of rotatable bonds is 5. The van der Waals surface area contributed by atoms with Crippen LogP contribution in [-0.2, 0) is 6.54 Å². The zero-order chi connectivity index (χ0) is 17.8. The lowest BCUT2D eigenvalue weighted by Crippen LogP contribution is -2.32. The van der Waals surface area contributed by atoms with Crippen molar-refractivity contribution in [2.75, 3.05) is 46.4 Å². The molecule has 2 aliphatic rings. The van der Waals surface area contributed by atoms with Crippen LogP contribution in [0.3, 0.4) is 0 Å². The standard InChI is InChI=1S/C21H26N2O2S/c1-24-20-7-2-5-18-13-17(16-25-21(18)20)14-22-8-4-9-23(11-10-22)15-19-6-3-12-26-19/h2-3,5-7,12-13H,4,8-11,14-16H2,1H3. The van der Waals surface area contributed by atoms with Crippen LogP contribution >= 0.6 is 11.3 Å². The topological polar surface area (TPSA) is 24.9 Å². The molecule has 5 heteroatoms. The summed E-state index contributed by atoms with van der Waals surface area (Å²) >= 11 is 1.86. The molecule has 0 bridgehead atoms. The summed E-state index contributed by atoms with van der Waals surface area (Å²) in [5.41, 5.74) is 2.47. The van der Waals surface area contributed by atoms with Crippen LogP contribution in [-0.4, -0.2) is 56.2 Å². The molecule has 0 amide bonds. The van der Waals surface area contributed by atoms with E-state index in [1.807, 2.05) is 23.5 Å². The van der Waals surface area contributed by atoms with Gasteiger partial charge in [-0.1, -0.05) is 18.2 Å². The van der Waals surface area contributed by atoms with E-state index in [1.54, 1.807) is 7.11 Å². The van der Waals surface area contributed by atoms with Gasteiger partial charge in [-0.3, -0.25) is 9.80 Å². The normalized spacial score (nSPS) is 18.6. The summed E-state index contributed by atoms with van der Waals surface area (Å²) in [6, 6.07) is 10.5. The first-order valence-corrected chi connectivity index (χ1v) is 10.2. The number of benzene rings is 1. The van der Waals surface area contributed by atoms with Crippen molar-refractivity contribution in [2.45, 2.75) is 13.0 Å². The predicted octanol–water partition coefficient (Wildman–Crippen LogP) is 3.74. The van der Waals surface area contributed by atoms with Gasteiger partial charge >= 0.3 is 0 Å². The zero-order valence-electron chi connectivity index (χ0n) is 15.3. The highest BCUT2D eigenvalue weighted by Crippen LogP contribution is 2.35. The van der Waals surface area contributed by atoms with Crippen LogP contribution < -0.4 is 9.47 Å². The number of ether oxygens (including phenoxy) is 2. The number of fused-ring (bicyclic) bond motifs is 1. The Labute approximate surface area is 159 Å². The minimum absolute atomic E-state index is 0.656. The molecule has 0 spiro atoms. The molecular weight excluding hydrogens is 344 g/mol. The van der Waals surface area contributed by atoms with Gasteiger partial charge in [0.15, 0.2) is 11.5 Å². The number of methoxy groups -OCH3 is 1. The highest BCUT2D eigenvalue weighted by atomic mass is 32.1. The fourth-order valence-corrected chi connectivity index (χ4v) is 4.48. The summed E-state index contributed by atoms with van der Waals surface area (Å²) in [4.78, 5) is 6.61.